The lowest BCUT2D eigenvalue weighted by Crippen LogP contribution is -1.92. The molecule has 130 valence electrons. The Labute approximate surface area is 153 Å². The van der Waals surface area contributed by atoms with Crippen LogP contribution in [-0.4, -0.2) is 0 Å². The van der Waals surface area contributed by atoms with E-state index in [1.54, 1.807) is 6.07 Å². The number of benzene rings is 2. The zero-order valence-electron chi connectivity index (χ0n) is 14.7. The van der Waals surface area contributed by atoms with Crippen LogP contribution in [0.4, 0.5) is 8.78 Å². The maximum Gasteiger partial charge on any atom is 0.152 e. The molecule has 0 radical (unpaired) electrons. The van der Waals surface area contributed by atoms with Gasteiger partial charge in [-0.25, -0.2) is 8.78 Å². The van der Waals surface area contributed by atoms with Gasteiger partial charge in [0.25, 0.3) is 0 Å². The van der Waals surface area contributed by atoms with E-state index < -0.39 is 11.6 Å². The third-order valence-corrected chi connectivity index (χ3v) is 3.91. The highest BCUT2D eigenvalue weighted by Crippen LogP contribution is 2.15. The average Bonchev–Trinajstić information content (AvgIpc) is 2.64. The number of aryl methyl sites for hydroxylation is 1. The molecule has 0 bridgehead atoms. The summed E-state index contributed by atoms with van der Waals surface area (Å²) in [7, 11) is 0. The van der Waals surface area contributed by atoms with Gasteiger partial charge in [-0.15, -0.1) is 0 Å². The van der Waals surface area contributed by atoms with Gasteiger partial charge >= 0.3 is 0 Å². The summed E-state index contributed by atoms with van der Waals surface area (Å²) in [5, 5.41) is 8.39. The van der Waals surface area contributed by atoms with Crippen molar-refractivity contribution in [3.05, 3.63) is 70.3 Å². The zero-order valence-corrected chi connectivity index (χ0v) is 14.7. The second kappa shape index (κ2) is 10.0. The Bertz CT molecular complexity index is 890. The van der Waals surface area contributed by atoms with E-state index in [1.165, 1.54) is 24.8 Å². The highest BCUT2D eigenvalue weighted by Gasteiger charge is 2.08. The molecule has 0 unspecified atom stereocenters. The van der Waals surface area contributed by atoms with Gasteiger partial charge in [-0.3, -0.25) is 0 Å². The second-order valence-corrected chi connectivity index (χ2v) is 5.93. The van der Waals surface area contributed by atoms with Crippen LogP contribution in [0.2, 0.25) is 0 Å². The van der Waals surface area contributed by atoms with Crippen LogP contribution >= 0.6 is 0 Å². The van der Waals surface area contributed by atoms with E-state index in [0.717, 1.165) is 25.0 Å². The minimum absolute atomic E-state index is 0.111. The van der Waals surface area contributed by atoms with Crippen LogP contribution in [0.3, 0.4) is 0 Å². The molecule has 0 amide bonds. The quantitative estimate of drug-likeness (QED) is 0.527. The van der Waals surface area contributed by atoms with Crippen molar-refractivity contribution in [2.75, 3.05) is 0 Å². The number of hydrogen-bond donors (Lipinski definition) is 0. The van der Waals surface area contributed by atoms with E-state index in [9.17, 15) is 8.78 Å². The van der Waals surface area contributed by atoms with Gasteiger partial charge in [0, 0.05) is 17.0 Å². The van der Waals surface area contributed by atoms with E-state index in [2.05, 4.69) is 30.6 Å². The van der Waals surface area contributed by atoms with Gasteiger partial charge in [-0.1, -0.05) is 56.1 Å². The lowest BCUT2D eigenvalue weighted by molar-refractivity contribution is 0.577. The molecule has 0 atom stereocenters. The van der Waals surface area contributed by atoms with Crippen molar-refractivity contribution in [3.8, 4) is 29.8 Å². The van der Waals surface area contributed by atoms with E-state index in [1.807, 2.05) is 24.3 Å². The first kappa shape index (κ1) is 19.2. The van der Waals surface area contributed by atoms with Crippen molar-refractivity contribution in [1.82, 2.24) is 0 Å². The molecule has 0 aromatic heterocycles. The molecule has 0 saturated carbocycles. The van der Waals surface area contributed by atoms with E-state index in [-0.39, 0.29) is 11.1 Å². The predicted octanol–water partition coefficient (Wildman–Crippen LogP) is 5.36. The van der Waals surface area contributed by atoms with Gasteiger partial charge in [-0.2, -0.15) is 5.26 Å². The minimum Gasteiger partial charge on any atom is -0.205 e. The molecule has 1 nitrogen and oxygen atoms in total. The SMILES string of the molecule is CCCCCCc1ccc(C#Cc2c(F)cc(C#CC#N)cc2F)cc1. The van der Waals surface area contributed by atoms with Gasteiger partial charge < -0.3 is 0 Å². The van der Waals surface area contributed by atoms with Crippen LogP contribution in [-0.2, 0) is 6.42 Å². The van der Waals surface area contributed by atoms with E-state index in [0.29, 0.717) is 5.56 Å². The highest BCUT2D eigenvalue weighted by molar-refractivity contribution is 5.48. The Kier molecular flexibility index (Phi) is 7.42. The van der Waals surface area contributed by atoms with Gasteiger partial charge in [0.05, 0.1) is 5.56 Å². The fourth-order valence-electron chi connectivity index (χ4n) is 2.51. The van der Waals surface area contributed by atoms with Crippen LogP contribution in [0.5, 0.6) is 0 Å². The molecule has 0 fully saturated rings. The van der Waals surface area contributed by atoms with Crippen LogP contribution in [0.25, 0.3) is 0 Å². The van der Waals surface area contributed by atoms with Crippen molar-refractivity contribution in [3.63, 3.8) is 0 Å². The second-order valence-electron chi connectivity index (χ2n) is 5.93. The number of nitrogens with zero attached hydrogens (tertiary/aromatic N) is 1. The normalized spacial score (nSPS) is 9.46. The van der Waals surface area contributed by atoms with E-state index in [4.69, 9.17) is 5.26 Å². The summed E-state index contributed by atoms with van der Waals surface area (Å²) < 4.78 is 28.0. The zero-order chi connectivity index (χ0) is 18.8. The summed E-state index contributed by atoms with van der Waals surface area (Å²) in [6.07, 6.45) is 5.89. The summed E-state index contributed by atoms with van der Waals surface area (Å²) >= 11 is 0. The molecular formula is C23H19F2N. The molecule has 2 aromatic carbocycles. The van der Waals surface area contributed by atoms with Crippen molar-refractivity contribution in [1.29, 1.82) is 5.26 Å². The number of hydrogen-bond acceptors (Lipinski definition) is 1. The largest absolute Gasteiger partial charge is 0.205 e. The van der Waals surface area contributed by atoms with Crippen LogP contribution in [0.15, 0.2) is 36.4 Å². The average molecular weight is 347 g/mol. The van der Waals surface area contributed by atoms with Gasteiger partial charge in [0.2, 0.25) is 0 Å². The Morgan fingerprint density at radius 1 is 0.846 bits per heavy atom. The molecule has 0 spiro atoms. The first-order valence-corrected chi connectivity index (χ1v) is 8.64. The number of rotatable bonds is 5. The fourth-order valence-corrected chi connectivity index (χ4v) is 2.51. The molecule has 0 saturated heterocycles. The van der Waals surface area contributed by atoms with E-state index >= 15 is 0 Å². The highest BCUT2D eigenvalue weighted by atomic mass is 19.1. The summed E-state index contributed by atoms with van der Waals surface area (Å²) in [6, 6.07) is 11.5. The number of nitriles is 1. The summed E-state index contributed by atoms with van der Waals surface area (Å²) in [5.74, 6) is 8.25. The smallest absolute Gasteiger partial charge is 0.152 e. The maximum atomic E-state index is 14.0. The molecule has 0 aliphatic heterocycles. The molecule has 0 aliphatic carbocycles. The van der Waals surface area contributed by atoms with Gasteiger partial charge in [-0.05, 0) is 42.7 Å². The van der Waals surface area contributed by atoms with Crippen LogP contribution < -0.4 is 0 Å². The van der Waals surface area contributed by atoms with Crippen LogP contribution in [0, 0.1) is 46.6 Å². The molecule has 26 heavy (non-hydrogen) atoms. The Morgan fingerprint density at radius 3 is 2.15 bits per heavy atom. The predicted molar refractivity (Wildman–Crippen MR) is 99.1 cm³/mol. The molecular weight excluding hydrogens is 328 g/mol. The summed E-state index contributed by atoms with van der Waals surface area (Å²) in [4.78, 5) is 0. The molecule has 0 aliphatic rings. The first-order chi connectivity index (χ1) is 12.6. The lowest BCUT2D eigenvalue weighted by atomic mass is 10.0. The molecule has 3 heteroatoms. The summed E-state index contributed by atoms with van der Waals surface area (Å²) in [6.45, 7) is 2.19. The molecule has 0 N–H and O–H groups in total. The lowest BCUT2D eigenvalue weighted by Gasteiger charge is -2.01. The Hall–Kier alpha value is -3.09. The van der Waals surface area contributed by atoms with Crippen molar-refractivity contribution in [2.45, 2.75) is 39.0 Å². The molecule has 0 heterocycles. The third-order valence-electron chi connectivity index (χ3n) is 3.91. The summed E-state index contributed by atoms with van der Waals surface area (Å²) in [5.41, 5.74) is 1.76. The minimum atomic E-state index is -0.785. The van der Waals surface area contributed by atoms with Crippen molar-refractivity contribution < 1.29 is 8.78 Å². The standard InChI is InChI=1S/C23H19F2N/c1-2-3-4-5-7-18-9-11-19(12-10-18)13-14-21-22(24)16-20(8-6-15-26)17-23(21)25/h9-12,16-17H,2-5,7H2,1H3. The maximum absolute atomic E-state index is 14.0. The monoisotopic (exact) mass is 347 g/mol. The number of unbranched alkanes of at least 4 members (excludes halogenated alkanes) is 3. The Balaban J connectivity index is 2.10. The van der Waals surface area contributed by atoms with Crippen molar-refractivity contribution >= 4 is 0 Å². The third kappa shape index (κ3) is 5.77. The first-order valence-electron chi connectivity index (χ1n) is 8.64. The van der Waals surface area contributed by atoms with Gasteiger partial charge in [0.15, 0.2) is 6.07 Å². The van der Waals surface area contributed by atoms with Gasteiger partial charge in [0.1, 0.15) is 11.6 Å². The van der Waals surface area contributed by atoms with Crippen LogP contribution in [0.1, 0.15) is 54.9 Å². The van der Waals surface area contributed by atoms with Crippen molar-refractivity contribution in [2.24, 2.45) is 0 Å². The topological polar surface area (TPSA) is 23.8 Å². The fraction of sp³-hybridized carbons (Fsp3) is 0.261. The molecule has 2 rings (SSSR count). The molecule has 2 aromatic rings. The Morgan fingerprint density at radius 2 is 1.54 bits per heavy atom. The number of halogens is 2.